The Morgan fingerprint density at radius 1 is 1.20 bits per heavy atom. The first kappa shape index (κ1) is 18.0. The number of ether oxygens (including phenoxy) is 1. The molecular formula is C19H25F2N3O. The molecule has 2 heterocycles. The summed E-state index contributed by atoms with van der Waals surface area (Å²) in [6.07, 6.45) is 1.73. The van der Waals surface area contributed by atoms with Crippen LogP contribution >= 0.6 is 0 Å². The van der Waals surface area contributed by atoms with Crippen LogP contribution in [-0.4, -0.2) is 56.3 Å². The number of fused-ring (bicyclic) bond motifs is 1. The lowest BCUT2D eigenvalue weighted by atomic mass is 9.90. The number of likely N-dealkylation sites (N-methyl/N-ethyl adjacent to an activating group) is 1. The Kier molecular flexibility index (Phi) is 4.93. The van der Waals surface area contributed by atoms with Crippen LogP contribution in [0.3, 0.4) is 0 Å². The van der Waals surface area contributed by atoms with E-state index < -0.39 is 11.6 Å². The van der Waals surface area contributed by atoms with Gasteiger partial charge < -0.3 is 14.5 Å². The predicted molar refractivity (Wildman–Crippen MR) is 96.1 cm³/mol. The molecule has 0 spiro atoms. The van der Waals surface area contributed by atoms with Crippen molar-refractivity contribution in [1.82, 2.24) is 9.88 Å². The Morgan fingerprint density at radius 3 is 2.48 bits per heavy atom. The van der Waals surface area contributed by atoms with Crippen LogP contribution in [0.25, 0.3) is 10.9 Å². The van der Waals surface area contributed by atoms with Gasteiger partial charge in [-0.3, -0.25) is 0 Å². The first-order valence-corrected chi connectivity index (χ1v) is 8.55. The molecule has 0 atom stereocenters. The summed E-state index contributed by atoms with van der Waals surface area (Å²) in [5.41, 5.74) is 1.63. The van der Waals surface area contributed by atoms with Gasteiger partial charge in [-0.25, -0.2) is 13.8 Å². The fraction of sp³-hybridized carbons (Fsp3) is 0.526. The largest absolute Gasteiger partial charge is 0.377 e. The number of methoxy groups -OCH3 is 1. The van der Waals surface area contributed by atoms with E-state index >= 15 is 0 Å². The van der Waals surface area contributed by atoms with E-state index in [0.717, 1.165) is 49.9 Å². The van der Waals surface area contributed by atoms with Crippen LogP contribution in [0.5, 0.6) is 0 Å². The highest BCUT2D eigenvalue weighted by atomic mass is 19.1. The van der Waals surface area contributed by atoms with Gasteiger partial charge in [0.25, 0.3) is 0 Å². The highest BCUT2D eigenvalue weighted by Gasteiger charge is 2.35. The lowest BCUT2D eigenvalue weighted by Gasteiger charge is -2.43. The van der Waals surface area contributed by atoms with Gasteiger partial charge in [0.2, 0.25) is 0 Å². The SMILES string of the molecule is COC1(CN(C)C)CCN(c2cc(C)nc3c(F)cc(F)cc23)CC1. The van der Waals surface area contributed by atoms with Crippen molar-refractivity contribution in [2.75, 3.05) is 45.7 Å². The Balaban J connectivity index is 1.93. The van der Waals surface area contributed by atoms with Crippen LogP contribution in [0.15, 0.2) is 18.2 Å². The smallest absolute Gasteiger partial charge is 0.152 e. The molecule has 1 saturated heterocycles. The highest BCUT2D eigenvalue weighted by Crippen LogP contribution is 2.34. The molecule has 4 nitrogen and oxygen atoms in total. The fourth-order valence-electron chi connectivity index (χ4n) is 3.78. The van der Waals surface area contributed by atoms with Gasteiger partial charge in [0, 0.05) is 49.6 Å². The first-order valence-electron chi connectivity index (χ1n) is 8.55. The second kappa shape index (κ2) is 6.84. The number of aromatic nitrogens is 1. The average molecular weight is 349 g/mol. The summed E-state index contributed by atoms with van der Waals surface area (Å²) in [5.74, 6) is -1.19. The molecule has 0 radical (unpaired) electrons. The van der Waals surface area contributed by atoms with Crippen molar-refractivity contribution in [2.24, 2.45) is 0 Å². The van der Waals surface area contributed by atoms with E-state index in [0.29, 0.717) is 5.39 Å². The van der Waals surface area contributed by atoms with Gasteiger partial charge in [-0.2, -0.15) is 0 Å². The standard InChI is InChI=1S/C19H25F2N3O/c1-13-9-17(15-10-14(20)11-16(21)18(15)22-13)24-7-5-19(25-4,6-8-24)12-23(2)3/h9-11H,5-8,12H2,1-4H3. The van der Waals surface area contributed by atoms with Crippen molar-refractivity contribution >= 4 is 16.6 Å². The Hall–Kier alpha value is -1.79. The molecule has 0 N–H and O–H groups in total. The van der Waals surface area contributed by atoms with Crippen molar-refractivity contribution in [3.63, 3.8) is 0 Å². The van der Waals surface area contributed by atoms with Gasteiger partial charge in [0.1, 0.15) is 11.3 Å². The Bertz CT molecular complexity index is 771. The molecule has 25 heavy (non-hydrogen) atoms. The Morgan fingerprint density at radius 2 is 1.88 bits per heavy atom. The fourth-order valence-corrected chi connectivity index (χ4v) is 3.78. The second-order valence-corrected chi connectivity index (χ2v) is 7.18. The summed E-state index contributed by atoms with van der Waals surface area (Å²) in [4.78, 5) is 8.57. The van der Waals surface area contributed by atoms with Crippen molar-refractivity contribution in [3.05, 3.63) is 35.5 Å². The number of halogens is 2. The summed E-state index contributed by atoms with van der Waals surface area (Å²) in [6.45, 7) is 4.24. The molecule has 3 rings (SSSR count). The summed E-state index contributed by atoms with van der Waals surface area (Å²) < 4.78 is 33.7. The van der Waals surface area contributed by atoms with E-state index in [2.05, 4.69) is 14.8 Å². The third-order valence-corrected chi connectivity index (χ3v) is 4.99. The van der Waals surface area contributed by atoms with E-state index in [1.54, 1.807) is 7.11 Å². The van der Waals surface area contributed by atoms with E-state index in [1.165, 1.54) is 6.07 Å². The molecule has 136 valence electrons. The highest BCUT2D eigenvalue weighted by molar-refractivity contribution is 5.92. The number of piperidine rings is 1. The normalized spacial score (nSPS) is 17.5. The summed E-state index contributed by atoms with van der Waals surface area (Å²) in [6, 6.07) is 4.17. The van der Waals surface area contributed by atoms with Crippen LogP contribution in [0.2, 0.25) is 0 Å². The molecule has 0 unspecified atom stereocenters. The van der Waals surface area contributed by atoms with E-state index in [4.69, 9.17) is 4.74 Å². The topological polar surface area (TPSA) is 28.6 Å². The molecule has 1 aliphatic rings. The molecule has 2 aromatic rings. The number of pyridine rings is 1. The monoisotopic (exact) mass is 349 g/mol. The van der Waals surface area contributed by atoms with Crippen molar-refractivity contribution in [1.29, 1.82) is 0 Å². The third kappa shape index (κ3) is 3.60. The van der Waals surface area contributed by atoms with Gasteiger partial charge in [-0.05, 0) is 46.0 Å². The molecule has 0 amide bonds. The van der Waals surface area contributed by atoms with E-state index in [1.807, 2.05) is 27.1 Å². The molecular weight excluding hydrogens is 324 g/mol. The molecule has 1 fully saturated rings. The van der Waals surface area contributed by atoms with Crippen LogP contribution in [-0.2, 0) is 4.74 Å². The lowest BCUT2D eigenvalue weighted by Crippen LogP contribution is -2.51. The molecule has 1 aliphatic heterocycles. The van der Waals surface area contributed by atoms with Crippen LogP contribution in [0.1, 0.15) is 18.5 Å². The molecule has 0 saturated carbocycles. The zero-order valence-corrected chi connectivity index (χ0v) is 15.3. The molecule has 1 aromatic heterocycles. The lowest BCUT2D eigenvalue weighted by molar-refractivity contribution is -0.0454. The average Bonchev–Trinajstić information content (AvgIpc) is 2.55. The van der Waals surface area contributed by atoms with Gasteiger partial charge in [0.15, 0.2) is 5.82 Å². The number of hydrogen-bond donors (Lipinski definition) is 0. The summed E-state index contributed by atoms with van der Waals surface area (Å²) in [5, 5.41) is 0.528. The zero-order valence-electron chi connectivity index (χ0n) is 15.3. The number of hydrogen-bond acceptors (Lipinski definition) is 4. The number of anilines is 1. The number of aryl methyl sites for hydroxylation is 1. The van der Waals surface area contributed by atoms with Gasteiger partial charge in [-0.15, -0.1) is 0 Å². The van der Waals surface area contributed by atoms with Crippen LogP contribution in [0, 0.1) is 18.6 Å². The number of rotatable bonds is 4. The quantitative estimate of drug-likeness (QED) is 0.846. The van der Waals surface area contributed by atoms with E-state index in [9.17, 15) is 8.78 Å². The molecule has 0 bridgehead atoms. The predicted octanol–water partition coefficient (Wildman–Crippen LogP) is 3.37. The van der Waals surface area contributed by atoms with Crippen molar-refractivity contribution in [3.8, 4) is 0 Å². The second-order valence-electron chi connectivity index (χ2n) is 7.18. The van der Waals surface area contributed by atoms with Crippen molar-refractivity contribution in [2.45, 2.75) is 25.4 Å². The zero-order chi connectivity index (χ0) is 18.2. The summed E-state index contributed by atoms with van der Waals surface area (Å²) >= 11 is 0. The first-order chi connectivity index (χ1) is 11.8. The number of benzene rings is 1. The minimum absolute atomic E-state index is 0.172. The van der Waals surface area contributed by atoms with Gasteiger partial charge in [0.05, 0.1) is 5.60 Å². The van der Waals surface area contributed by atoms with E-state index in [-0.39, 0.29) is 11.1 Å². The maximum atomic E-state index is 14.1. The maximum absolute atomic E-state index is 14.1. The van der Waals surface area contributed by atoms with Gasteiger partial charge in [-0.1, -0.05) is 0 Å². The van der Waals surface area contributed by atoms with Crippen LogP contribution in [0.4, 0.5) is 14.5 Å². The Labute approximate surface area is 147 Å². The summed E-state index contributed by atoms with van der Waals surface area (Å²) in [7, 11) is 5.84. The number of nitrogens with zero attached hydrogens (tertiary/aromatic N) is 3. The molecule has 6 heteroatoms. The molecule has 1 aromatic carbocycles. The minimum atomic E-state index is -0.615. The maximum Gasteiger partial charge on any atom is 0.152 e. The van der Waals surface area contributed by atoms with Crippen molar-refractivity contribution < 1.29 is 13.5 Å². The van der Waals surface area contributed by atoms with Gasteiger partial charge >= 0.3 is 0 Å². The minimum Gasteiger partial charge on any atom is -0.377 e. The van der Waals surface area contributed by atoms with Crippen LogP contribution < -0.4 is 4.90 Å². The third-order valence-electron chi connectivity index (χ3n) is 4.99. The molecule has 0 aliphatic carbocycles.